The van der Waals surface area contributed by atoms with Crippen molar-refractivity contribution in [3.63, 3.8) is 0 Å². The van der Waals surface area contributed by atoms with E-state index in [0.717, 1.165) is 16.9 Å². The second-order valence-electron chi connectivity index (χ2n) is 7.26. The van der Waals surface area contributed by atoms with E-state index in [1.165, 1.54) is 18.7 Å². The summed E-state index contributed by atoms with van der Waals surface area (Å²) in [5.74, 6) is 1.64. The molecule has 0 bridgehead atoms. The summed E-state index contributed by atoms with van der Waals surface area (Å²) in [7, 11) is 0. The van der Waals surface area contributed by atoms with Crippen LogP contribution in [-0.4, -0.2) is 32.9 Å². The number of benzene rings is 2. The molecule has 0 aliphatic carbocycles. The van der Waals surface area contributed by atoms with E-state index in [9.17, 15) is 4.79 Å². The van der Waals surface area contributed by atoms with E-state index in [1.54, 1.807) is 4.90 Å². The lowest BCUT2D eigenvalue weighted by atomic mass is 10.1. The minimum atomic E-state index is -0.772. The molecule has 1 aliphatic rings. The van der Waals surface area contributed by atoms with E-state index in [-0.39, 0.29) is 12.0 Å². The number of nitrogens with zero attached hydrogens (tertiary/aromatic N) is 4. The number of carbonyl (C=O) groups excluding carboxylic acids is 1. The molecule has 1 aliphatic heterocycles. The summed E-state index contributed by atoms with van der Waals surface area (Å²) in [6.07, 6.45) is -0.806. The van der Waals surface area contributed by atoms with Crippen LogP contribution in [-0.2, 0) is 4.79 Å². The van der Waals surface area contributed by atoms with E-state index >= 15 is 0 Å². The topological polar surface area (TPSA) is 77.4 Å². The average Bonchev–Trinajstić information content (AvgIpc) is 2.88. The average molecular weight is 437 g/mol. The number of hydrogen-bond donors (Lipinski definition) is 0. The molecule has 0 spiro atoms. The Bertz CT molecular complexity index is 1110. The summed E-state index contributed by atoms with van der Waals surface area (Å²) >= 11 is 1.48. The number of amides is 1. The van der Waals surface area contributed by atoms with Gasteiger partial charge in [0.2, 0.25) is 23.2 Å². The lowest BCUT2D eigenvalue weighted by Gasteiger charge is -2.31. The quantitative estimate of drug-likeness (QED) is 0.527. The zero-order valence-electron chi connectivity index (χ0n) is 17.9. The van der Waals surface area contributed by atoms with Crippen LogP contribution in [0, 0.1) is 0 Å². The van der Waals surface area contributed by atoms with Crippen molar-refractivity contribution in [2.75, 3.05) is 10.7 Å². The van der Waals surface area contributed by atoms with Crippen molar-refractivity contribution in [2.24, 2.45) is 0 Å². The Hall–Kier alpha value is -3.13. The minimum absolute atomic E-state index is 0.0335. The van der Waals surface area contributed by atoms with Crippen LogP contribution in [0.4, 0.5) is 5.69 Å². The molecule has 1 aromatic heterocycles. The van der Waals surface area contributed by atoms with Gasteiger partial charge in [0.25, 0.3) is 0 Å². The minimum Gasteiger partial charge on any atom is -0.491 e. The molecule has 160 valence electrons. The van der Waals surface area contributed by atoms with Gasteiger partial charge in [-0.15, -0.1) is 10.2 Å². The molecule has 0 fully saturated rings. The lowest BCUT2D eigenvalue weighted by molar-refractivity contribution is -0.118. The van der Waals surface area contributed by atoms with Gasteiger partial charge in [0.15, 0.2) is 5.69 Å². The Morgan fingerprint density at radius 1 is 1.16 bits per heavy atom. The SMILES string of the molecule is CCSc1nnc2c(n1)OC(c1ccccc1OC(C)C)N(C(C)=O)c1ccccc1-2. The number of ether oxygens (including phenoxy) is 2. The van der Waals surface area contributed by atoms with Crippen molar-refractivity contribution in [3.05, 3.63) is 54.1 Å². The highest BCUT2D eigenvalue weighted by molar-refractivity contribution is 7.99. The predicted molar refractivity (Wildman–Crippen MR) is 120 cm³/mol. The monoisotopic (exact) mass is 436 g/mol. The third kappa shape index (κ3) is 4.20. The van der Waals surface area contributed by atoms with Crippen LogP contribution in [0.3, 0.4) is 0 Å². The van der Waals surface area contributed by atoms with Crippen LogP contribution in [0.15, 0.2) is 53.7 Å². The standard InChI is InChI=1S/C23H24N4O3S/c1-5-31-23-24-21-20(25-26-23)16-10-6-8-12-18(16)27(15(4)28)22(30-21)17-11-7-9-13-19(17)29-14(2)3/h6-14,22H,5H2,1-4H3. The third-order valence-electron chi connectivity index (χ3n) is 4.67. The highest BCUT2D eigenvalue weighted by atomic mass is 32.2. The second kappa shape index (κ2) is 8.93. The number of thioether (sulfide) groups is 1. The second-order valence-corrected chi connectivity index (χ2v) is 8.49. The molecule has 1 unspecified atom stereocenters. The fraction of sp³-hybridized carbons (Fsp3) is 0.304. The summed E-state index contributed by atoms with van der Waals surface area (Å²) in [5.41, 5.74) is 2.67. The molecule has 0 saturated carbocycles. The molecule has 0 N–H and O–H groups in total. The van der Waals surface area contributed by atoms with E-state index in [1.807, 2.05) is 69.3 Å². The van der Waals surface area contributed by atoms with Gasteiger partial charge >= 0.3 is 0 Å². The van der Waals surface area contributed by atoms with Crippen LogP contribution >= 0.6 is 11.8 Å². The Labute approximate surface area is 185 Å². The van der Waals surface area contributed by atoms with Gasteiger partial charge in [0, 0.05) is 12.5 Å². The van der Waals surface area contributed by atoms with Crippen LogP contribution in [0.25, 0.3) is 11.3 Å². The van der Waals surface area contributed by atoms with E-state index in [0.29, 0.717) is 28.2 Å². The number of rotatable bonds is 5. The Morgan fingerprint density at radius 2 is 1.90 bits per heavy atom. The van der Waals surface area contributed by atoms with Crippen molar-refractivity contribution >= 4 is 23.4 Å². The molecule has 31 heavy (non-hydrogen) atoms. The van der Waals surface area contributed by atoms with E-state index in [2.05, 4.69) is 15.2 Å². The molecular formula is C23H24N4O3S. The first kappa shape index (κ1) is 21.1. The summed E-state index contributed by atoms with van der Waals surface area (Å²) < 4.78 is 12.4. The van der Waals surface area contributed by atoms with Gasteiger partial charge in [-0.3, -0.25) is 9.69 Å². The van der Waals surface area contributed by atoms with Gasteiger partial charge in [-0.1, -0.05) is 49.0 Å². The normalized spacial score (nSPS) is 15.0. The van der Waals surface area contributed by atoms with Gasteiger partial charge in [0.05, 0.1) is 17.4 Å². The van der Waals surface area contributed by atoms with Gasteiger partial charge in [-0.25, -0.2) is 0 Å². The first-order valence-corrected chi connectivity index (χ1v) is 11.2. The molecular weight excluding hydrogens is 412 g/mol. The summed E-state index contributed by atoms with van der Waals surface area (Å²) in [6, 6.07) is 15.1. The molecule has 3 aromatic rings. The maximum atomic E-state index is 12.9. The number of fused-ring (bicyclic) bond motifs is 3. The van der Waals surface area contributed by atoms with Gasteiger partial charge in [0.1, 0.15) is 5.75 Å². The number of hydrogen-bond acceptors (Lipinski definition) is 7. The number of carbonyl (C=O) groups is 1. The highest BCUT2D eigenvalue weighted by Crippen LogP contribution is 2.44. The number of para-hydroxylation sites is 2. The number of aromatic nitrogens is 3. The molecule has 2 heterocycles. The van der Waals surface area contributed by atoms with Gasteiger partial charge in [-0.2, -0.15) is 4.98 Å². The molecule has 1 amide bonds. The maximum absolute atomic E-state index is 12.9. The van der Waals surface area contributed by atoms with Gasteiger partial charge in [-0.05, 0) is 37.8 Å². The molecule has 4 rings (SSSR count). The zero-order valence-corrected chi connectivity index (χ0v) is 18.7. The molecule has 8 heteroatoms. The Morgan fingerprint density at radius 3 is 2.65 bits per heavy atom. The molecule has 7 nitrogen and oxygen atoms in total. The van der Waals surface area contributed by atoms with Crippen LogP contribution in [0.5, 0.6) is 11.6 Å². The fourth-order valence-corrected chi connectivity index (χ4v) is 4.00. The number of anilines is 1. The first-order valence-electron chi connectivity index (χ1n) is 10.2. The highest BCUT2D eigenvalue weighted by Gasteiger charge is 2.36. The fourth-order valence-electron chi connectivity index (χ4n) is 3.49. The van der Waals surface area contributed by atoms with Crippen LogP contribution in [0.2, 0.25) is 0 Å². The van der Waals surface area contributed by atoms with Crippen molar-refractivity contribution in [2.45, 2.75) is 45.2 Å². The summed E-state index contributed by atoms with van der Waals surface area (Å²) in [5, 5.41) is 9.17. The van der Waals surface area contributed by atoms with Crippen LogP contribution in [0.1, 0.15) is 39.5 Å². The van der Waals surface area contributed by atoms with E-state index < -0.39 is 6.23 Å². The third-order valence-corrected chi connectivity index (χ3v) is 5.39. The van der Waals surface area contributed by atoms with Crippen molar-refractivity contribution in [1.29, 1.82) is 0 Å². The molecule has 0 saturated heterocycles. The predicted octanol–water partition coefficient (Wildman–Crippen LogP) is 4.88. The first-order chi connectivity index (χ1) is 15.0. The maximum Gasteiger partial charge on any atom is 0.247 e. The molecule has 0 radical (unpaired) electrons. The summed E-state index contributed by atoms with van der Waals surface area (Å²) in [4.78, 5) is 19.1. The van der Waals surface area contributed by atoms with E-state index in [4.69, 9.17) is 9.47 Å². The molecule has 2 aromatic carbocycles. The summed E-state index contributed by atoms with van der Waals surface area (Å²) in [6.45, 7) is 7.47. The largest absolute Gasteiger partial charge is 0.491 e. The Kier molecular flexibility index (Phi) is 6.08. The van der Waals surface area contributed by atoms with Gasteiger partial charge < -0.3 is 9.47 Å². The van der Waals surface area contributed by atoms with Crippen molar-refractivity contribution in [1.82, 2.24) is 15.2 Å². The van der Waals surface area contributed by atoms with Crippen LogP contribution < -0.4 is 14.4 Å². The lowest BCUT2D eigenvalue weighted by Crippen LogP contribution is -2.36. The van der Waals surface area contributed by atoms with Crippen molar-refractivity contribution < 1.29 is 14.3 Å². The molecule has 1 atom stereocenters. The van der Waals surface area contributed by atoms with Crippen molar-refractivity contribution in [3.8, 4) is 22.9 Å². The Balaban J connectivity index is 1.94. The zero-order chi connectivity index (χ0) is 22.0. The smallest absolute Gasteiger partial charge is 0.247 e.